The molecule has 0 aromatic heterocycles. The number of carbonyl (C=O) groups is 2. The van der Waals surface area contributed by atoms with Crippen LogP contribution in [0.1, 0.15) is 39.0 Å². The molecule has 1 N–H and O–H groups in total. The maximum Gasteiger partial charge on any atom is 0.328 e. The lowest BCUT2D eigenvalue weighted by Gasteiger charge is -2.18. The van der Waals surface area contributed by atoms with Gasteiger partial charge >= 0.3 is 5.97 Å². The highest BCUT2D eigenvalue weighted by molar-refractivity contribution is 5.93. The minimum absolute atomic E-state index is 0.176. The van der Waals surface area contributed by atoms with Gasteiger partial charge in [-0.3, -0.25) is 4.79 Å². The molecule has 0 spiro atoms. The van der Waals surface area contributed by atoms with E-state index in [1.807, 2.05) is 0 Å². The van der Waals surface area contributed by atoms with E-state index in [1.54, 1.807) is 4.90 Å². The van der Waals surface area contributed by atoms with Crippen LogP contribution in [0.15, 0.2) is 12.2 Å². The van der Waals surface area contributed by atoms with Crippen LogP contribution in [0.4, 0.5) is 0 Å². The molecule has 1 atom stereocenters. The van der Waals surface area contributed by atoms with Gasteiger partial charge < -0.3 is 10.0 Å². The van der Waals surface area contributed by atoms with Crippen molar-refractivity contribution in [1.82, 2.24) is 4.90 Å². The largest absolute Gasteiger partial charge is 0.478 e. The zero-order chi connectivity index (χ0) is 12.7. The third kappa shape index (κ3) is 5.02. The molecular weight excluding hydrogens is 218 g/mol. The lowest BCUT2D eigenvalue weighted by Crippen LogP contribution is -2.30. The number of hydrogen-bond donors (Lipinski definition) is 1. The summed E-state index contributed by atoms with van der Waals surface area (Å²) in [6, 6.07) is 0. The number of carbonyl (C=O) groups excluding carboxylic acids is 1. The standard InChI is InChI=1S/C13H21NO3/c1-2-4-11-5-3-9-14(10-8-11)12(15)6-7-13(16)17/h6-7,11H,2-5,8-10H2,1H3,(H,16,17). The molecule has 1 fully saturated rings. The molecular formula is C13H21NO3. The van der Waals surface area contributed by atoms with Crippen molar-refractivity contribution in [1.29, 1.82) is 0 Å². The van der Waals surface area contributed by atoms with Crippen molar-refractivity contribution in [2.75, 3.05) is 13.1 Å². The molecule has 0 saturated carbocycles. The van der Waals surface area contributed by atoms with Gasteiger partial charge in [0, 0.05) is 25.2 Å². The molecule has 4 nitrogen and oxygen atoms in total. The van der Waals surface area contributed by atoms with E-state index in [4.69, 9.17) is 5.11 Å². The fourth-order valence-corrected chi connectivity index (χ4v) is 2.33. The van der Waals surface area contributed by atoms with Crippen molar-refractivity contribution in [2.45, 2.75) is 39.0 Å². The van der Waals surface area contributed by atoms with Gasteiger partial charge in [0.25, 0.3) is 0 Å². The van der Waals surface area contributed by atoms with Crippen LogP contribution in [0, 0.1) is 5.92 Å². The summed E-state index contributed by atoms with van der Waals surface area (Å²) in [7, 11) is 0. The molecule has 1 aliphatic heterocycles. The Balaban J connectivity index is 2.45. The van der Waals surface area contributed by atoms with Gasteiger partial charge in [-0.1, -0.05) is 19.8 Å². The Morgan fingerprint density at radius 2 is 2.06 bits per heavy atom. The topological polar surface area (TPSA) is 57.6 Å². The summed E-state index contributed by atoms with van der Waals surface area (Å²) in [5, 5.41) is 8.47. The van der Waals surface area contributed by atoms with Crippen LogP contribution < -0.4 is 0 Å². The Labute approximate surface area is 102 Å². The van der Waals surface area contributed by atoms with Gasteiger partial charge in [-0.2, -0.15) is 0 Å². The van der Waals surface area contributed by atoms with Crippen LogP contribution in [-0.4, -0.2) is 35.0 Å². The number of aliphatic carboxylic acids is 1. The Morgan fingerprint density at radius 1 is 1.29 bits per heavy atom. The zero-order valence-corrected chi connectivity index (χ0v) is 10.4. The number of carboxylic acid groups (broad SMARTS) is 1. The molecule has 0 aromatic rings. The summed E-state index contributed by atoms with van der Waals surface area (Å²) in [5.41, 5.74) is 0. The van der Waals surface area contributed by atoms with Crippen LogP contribution in [0.3, 0.4) is 0 Å². The number of nitrogens with zero attached hydrogens (tertiary/aromatic N) is 1. The third-order valence-electron chi connectivity index (χ3n) is 3.22. The maximum atomic E-state index is 11.7. The molecule has 96 valence electrons. The van der Waals surface area contributed by atoms with E-state index >= 15 is 0 Å². The lowest BCUT2D eigenvalue weighted by molar-refractivity contribution is -0.132. The van der Waals surface area contributed by atoms with Crippen molar-refractivity contribution in [3.8, 4) is 0 Å². The summed E-state index contributed by atoms with van der Waals surface area (Å²) in [4.78, 5) is 23.8. The molecule has 17 heavy (non-hydrogen) atoms. The number of hydrogen-bond acceptors (Lipinski definition) is 2. The molecule has 1 rings (SSSR count). The van der Waals surface area contributed by atoms with Crippen molar-refractivity contribution in [3.63, 3.8) is 0 Å². The van der Waals surface area contributed by atoms with E-state index < -0.39 is 5.97 Å². The first-order valence-electron chi connectivity index (χ1n) is 6.33. The second kappa shape index (κ2) is 7.09. The fraction of sp³-hybridized carbons (Fsp3) is 0.692. The second-order valence-corrected chi connectivity index (χ2v) is 4.58. The molecule has 1 amide bonds. The third-order valence-corrected chi connectivity index (χ3v) is 3.22. The first kappa shape index (κ1) is 13.7. The first-order valence-corrected chi connectivity index (χ1v) is 6.33. The van der Waals surface area contributed by atoms with E-state index in [9.17, 15) is 9.59 Å². The average molecular weight is 239 g/mol. The van der Waals surface area contributed by atoms with E-state index in [1.165, 1.54) is 19.3 Å². The minimum Gasteiger partial charge on any atom is -0.478 e. The van der Waals surface area contributed by atoms with E-state index in [0.717, 1.165) is 44.0 Å². The first-order chi connectivity index (χ1) is 8.13. The molecule has 1 unspecified atom stereocenters. The van der Waals surface area contributed by atoms with Crippen LogP contribution in [0.5, 0.6) is 0 Å². The summed E-state index contributed by atoms with van der Waals surface area (Å²) < 4.78 is 0. The fourth-order valence-electron chi connectivity index (χ4n) is 2.33. The normalized spacial score (nSPS) is 21.5. The van der Waals surface area contributed by atoms with Gasteiger partial charge in [0.15, 0.2) is 0 Å². The molecule has 0 radical (unpaired) electrons. The Hall–Kier alpha value is -1.32. The average Bonchev–Trinajstić information content (AvgIpc) is 2.52. The Bertz CT molecular complexity index is 299. The molecule has 4 heteroatoms. The predicted molar refractivity (Wildman–Crippen MR) is 65.6 cm³/mol. The van der Waals surface area contributed by atoms with Gasteiger partial charge in [-0.15, -0.1) is 0 Å². The minimum atomic E-state index is -1.07. The van der Waals surface area contributed by atoms with Gasteiger partial charge in [-0.05, 0) is 25.2 Å². The number of rotatable bonds is 4. The van der Waals surface area contributed by atoms with Gasteiger partial charge in [-0.25, -0.2) is 4.79 Å². The van der Waals surface area contributed by atoms with Crippen LogP contribution in [-0.2, 0) is 9.59 Å². The predicted octanol–water partition coefficient (Wildman–Crippen LogP) is 2.06. The number of amides is 1. The highest BCUT2D eigenvalue weighted by Crippen LogP contribution is 2.21. The van der Waals surface area contributed by atoms with Crippen LogP contribution in [0.25, 0.3) is 0 Å². The summed E-state index contributed by atoms with van der Waals surface area (Å²) in [5.74, 6) is -0.525. The quantitative estimate of drug-likeness (QED) is 0.764. The smallest absolute Gasteiger partial charge is 0.328 e. The zero-order valence-electron chi connectivity index (χ0n) is 10.4. The van der Waals surface area contributed by atoms with Crippen molar-refractivity contribution >= 4 is 11.9 Å². The highest BCUT2D eigenvalue weighted by Gasteiger charge is 2.18. The molecule has 0 aromatic carbocycles. The van der Waals surface area contributed by atoms with E-state index in [0.29, 0.717) is 0 Å². The van der Waals surface area contributed by atoms with Crippen LogP contribution in [0.2, 0.25) is 0 Å². The van der Waals surface area contributed by atoms with Gasteiger partial charge in [0.05, 0.1) is 0 Å². The molecule has 1 saturated heterocycles. The summed E-state index contributed by atoms with van der Waals surface area (Å²) in [6.45, 7) is 3.69. The Kier molecular flexibility index (Phi) is 5.73. The maximum absolute atomic E-state index is 11.7. The van der Waals surface area contributed by atoms with Crippen molar-refractivity contribution < 1.29 is 14.7 Å². The summed E-state index contributed by atoms with van der Waals surface area (Å²) >= 11 is 0. The van der Waals surface area contributed by atoms with Gasteiger partial charge in [0.1, 0.15) is 0 Å². The van der Waals surface area contributed by atoms with Crippen molar-refractivity contribution in [2.24, 2.45) is 5.92 Å². The molecule has 1 aliphatic rings. The molecule has 0 aliphatic carbocycles. The monoisotopic (exact) mass is 239 g/mol. The van der Waals surface area contributed by atoms with Crippen LogP contribution >= 0.6 is 0 Å². The van der Waals surface area contributed by atoms with E-state index in [2.05, 4.69) is 6.92 Å². The van der Waals surface area contributed by atoms with Crippen molar-refractivity contribution in [3.05, 3.63) is 12.2 Å². The second-order valence-electron chi connectivity index (χ2n) is 4.58. The number of likely N-dealkylation sites (tertiary alicyclic amines) is 1. The SMILES string of the molecule is CCCC1CCCN(C(=O)C=CC(=O)O)CC1. The lowest BCUT2D eigenvalue weighted by atomic mass is 9.96. The number of carboxylic acids is 1. The van der Waals surface area contributed by atoms with E-state index in [-0.39, 0.29) is 5.91 Å². The molecule has 1 heterocycles. The highest BCUT2D eigenvalue weighted by atomic mass is 16.4. The Morgan fingerprint density at radius 3 is 2.71 bits per heavy atom. The summed E-state index contributed by atoms with van der Waals surface area (Å²) in [6.07, 6.45) is 7.74. The molecule has 0 bridgehead atoms. The van der Waals surface area contributed by atoms with Gasteiger partial charge in [0.2, 0.25) is 5.91 Å².